The average molecular weight is 224 g/mol. The van der Waals surface area contributed by atoms with Crippen molar-refractivity contribution in [3.05, 3.63) is 27.9 Å². The number of rotatable bonds is 5. The zero-order chi connectivity index (χ0) is 12.1. The van der Waals surface area contributed by atoms with Crippen LogP contribution in [0, 0.1) is 17.0 Å². The van der Waals surface area contributed by atoms with E-state index in [1.165, 1.54) is 6.07 Å². The summed E-state index contributed by atoms with van der Waals surface area (Å²) < 4.78 is 0. The lowest BCUT2D eigenvalue weighted by atomic mass is 10.3. The predicted octanol–water partition coefficient (Wildman–Crippen LogP) is 0.954. The van der Waals surface area contributed by atoms with Crippen LogP contribution in [-0.4, -0.2) is 37.1 Å². The maximum atomic E-state index is 10.8. The zero-order valence-electron chi connectivity index (χ0n) is 9.73. The standard InChI is InChI=1S/C10H16N4O2/c1-8-4-5-9(14(15)16)10(12-8)13(3)7-6-11-2/h4-5,11H,6-7H2,1-3H3. The third-order valence-electron chi connectivity index (χ3n) is 2.25. The smallest absolute Gasteiger partial charge is 0.311 e. The first kappa shape index (κ1) is 12.4. The highest BCUT2D eigenvalue weighted by atomic mass is 16.6. The van der Waals surface area contributed by atoms with E-state index < -0.39 is 4.92 Å². The number of aromatic nitrogens is 1. The third-order valence-corrected chi connectivity index (χ3v) is 2.25. The fraction of sp³-hybridized carbons (Fsp3) is 0.500. The van der Waals surface area contributed by atoms with Gasteiger partial charge in [-0.25, -0.2) is 4.98 Å². The Hall–Kier alpha value is -1.69. The van der Waals surface area contributed by atoms with Gasteiger partial charge < -0.3 is 10.2 Å². The molecule has 0 saturated carbocycles. The second-order valence-electron chi connectivity index (χ2n) is 3.58. The number of hydrogen-bond donors (Lipinski definition) is 1. The number of nitrogens with zero attached hydrogens (tertiary/aromatic N) is 3. The molecule has 16 heavy (non-hydrogen) atoms. The Balaban J connectivity index is 2.99. The fourth-order valence-electron chi connectivity index (χ4n) is 1.34. The van der Waals surface area contributed by atoms with Crippen molar-refractivity contribution in [3.63, 3.8) is 0 Å². The van der Waals surface area contributed by atoms with Crippen molar-refractivity contribution in [2.45, 2.75) is 6.92 Å². The van der Waals surface area contributed by atoms with E-state index in [2.05, 4.69) is 10.3 Å². The number of nitro groups is 1. The second-order valence-corrected chi connectivity index (χ2v) is 3.58. The molecule has 0 bridgehead atoms. The maximum Gasteiger partial charge on any atom is 0.311 e. The SMILES string of the molecule is CNCCN(C)c1nc(C)ccc1[N+](=O)[O-]. The van der Waals surface area contributed by atoms with Gasteiger partial charge in [0.05, 0.1) is 4.92 Å². The predicted molar refractivity (Wildman–Crippen MR) is 62.8 cm³/mol. The minimum absolute atomic E-state index is 0.0456. The van der Waals surface area contributed by atoms with Gasteiger partial charge in [-0.2, -0.15) is 0 Å². The molecule has 0 spiro atoms. The molecule has 0 aliphatic carbocycles. The topological polar surface area (TPSA) is 71.3 Å². The van der Waals surface area contributed by atoms with Crippen LogP contribution in [0.2, 0.25) is 0 Å². The molecule has 1 heterocycles. The number of aryl methyl sites for hydroxylation is 1. The van der Waals surface area contributed by atoms with Gasteiger partial charge in [0, 0.05) is 31.9 Å². The summed E-state index contributed by atoms with van der Waals surface area (Å²) in [7, 11) is 3.64. The van der Waals surface area contributed by atoms with E-state index >= 15 is 0 Å². The highest BCUT2D eigenvalue weighted by molar-refractivity contribution is 5.57. The number of anilines is 1. The third kappa shape index (κ3) is 2.90. The Labute approximate surface area is 94.4 Å². The summed E-state index contributed by atoms with van der Waals surface area (Å²) in [5.74, 6) is 0.417. The number of nitrogens with one attached hydrogen (secondary N) is 1. The molecule has 1 aromatic rings. The van der Waals surface area contributed by atoms with Crippen LogP contribution in [-0.2, 0) is 0 Å². The lowest BCUT2D eigenvalue weighted by Crippen LogP contribution is -2.28. The molecule has 1 rings (SSSR count). The highest BCUT2D eigenvalue weighted by Gasteiger charge is 2.18. The second kappa shape index (κ2) is 5.41. The van der Waals surface area contributed by atoms with Crippen molar-refractivity contribution in [1.29, 1.82) is 0 Å². The van der Waals surface area contributed by atoms with E-state index in [9.17, 15) is 10.1 Å². The van der Waals surface area contributed by atoms with Gasteiger partial charge in [-0.3, -0.25) is 10.1 Å². The van der Waals surface area contributed by atoms with Crippen LogP contribution in [0.15, 0.2) is 12.1 Å². The van der Waals surface area contributed by atoms with Gasteiger partial charge in [0.25, 0.3) is 0 Å². The molecule has 0 aliphatic heterocycles. The van der Waals surface area contributed by atoms with Crippen LogP contribution in [0.25, 0.3) is 0 Å². The molecular weight excluding hydrogens is 208 g/mol. The summed E-state index contributed by atoms with van der Waals surface area (Å²) >= 11 is 0. The fourth-order valence-corrected chi connectivity index (χ4v) is 1.34. The molecule has 0 radical (unpaired) electrons. The Morgan fingerprint density at radius 2 is 2.25 bits per heavy atom. The molecule has 6 nitrogen and oxygen atoms in total. The molecule has 0 fully saturated rings. The quantitative estimate of drug-likeness (QED) is 0.595. The monoisotopic (exact) mass is 224 g/mol. The van der Waals surface area contributed by atoms with Gasteiger partial charge in [0.1, 0.15) is 0 Å². The minimum Gasteiger partial charge on any atom is -0.353 e. The molecule has 0 amide bonds. The molecule has 0 aliphatic rings. The first-order valence-corrected chi connectivity index (χ1v) is 5.04. The molecule has 1 aromatic heterocycles. The number of hydrogen-bond acceptors (Lipinski definition) is 5. The summed E-state index contributed by atoms with van der Waals surface area (Å²) in [4.78, 5) is 16.4. The Morgan fingerprint density at radius 1 is 1.56 bits per heavy atom. The van der Waals surface area contributed by atoms with Gasteiger partial charge in [0.2, 0.25) is 5.82 Å². The van der Waals surface area contributed by atoms with Crippen LogP contribution in [0.5, 0.6) is 0 Å². The summed E-state index contributed by atoms with van der Waals surface area (Å²) in [5.41, 5.74) is 0.820. The van der Waals surface area contributed by atoms with Crippen LogP contribution in [0.4, 0.5) is 11.5 Å². The van der Waals surface area contributed by atoms with Crippen molar-refractivity contribution in [3.8, 4) is 0 Å². The van der Waals surface area contributed by atoms with E-state index in [1.54, 1.807) is 18.0 Å². The van der Waals surface area contributed by atoms with Crippen LogP contribution < -0.4 is 10.2 Å². The largest absolute Gasteiger partial charge is 0.353 e. The number of likely N-dealkylation sites (N-methyl/N-ethyl adjacent to an activating group) is 2. The maximum absolute atomic E-state index is 10.8. The first-order valence-electron chi connectivity index (χ1n) is 5.04. The zero-order valence-corrected chi connectivity index (χ0v) is 9.73. The van der Waals surface area contributed by atoms with Crippen molar-refractivity contribution in [2.24, 2.45) is 0 Å². The van der Waals surface area contributed by atoms with Crippen molar-refractivity contribution < 1.29 is 4.92 Å². The van der Waals surface area contributed by atoms with Gasteiger partial charge >= 0.3 is 5.69 Å². The van der Waals surface area contributed by atoms with E-state index in [4.69, 9.17) is 0 Å². The van der Waals surface area contributed by atoms with Gasteiger partial charge in [0.15, 0.2) is 0 Å². The summed E-state index contributed by atoms with van der Waals surface area (Å²) in [6.45, 7) is 3.25. The molecule has 88 valence electrons. The molecule has 6 heteroatoms. The summed E-state index contributed by atoms with van der Waals surface area (Å²) in [6, 6.07) is 3.14. The van der Waals surface area contributed by atoms with Crippen molar-refractivity contribution >= 4 is 11.5 Å². The Morgan fingerprint density at radius 3 is 2.81 bits per heavy atom. The van der Waals surface area contributed by atoms with Crippen LogP contribution in [0.3, 0.4) is 0 Å². The Kier molecular flexibility index (Phi) is 4.19. The van der Waals surface area contributed by atoms with E-state index in [1.807, 2.05) is 14.0 Å². The van der Waals surface area contributed by atoms with Gasteiger partial charge in [-0.1, -0.05) is 0 Å². The normalized spacial score (nSPS) is 10.2. The summed E-state index contributed by atoms with van der Waals surface area (Å²) in [6.07, 6.45) is 0. The van der Waals surface area contributed by atoms with E-state index in [0.29, 0.717) is 12.4 Å². The molecule has 0 unspecified atom stereocenters. The van der Waals surface area contributed by atoms with Gasteiger partial charge in [-0.05, 0) is 20.0 Å². The highest BCUT2D eigenvalue weighted by Crippen LogP contribution is 2.24. The Bertz CT molecular complexity index is 381. The average Bonchev–Trinajstić information content (AvgIpc) is 2.25. The van der Waals surface area contributed by atoms with Crippen LogP contribution in [0.1, 0.15) is 5.69 Å². The first-order chi connectivity index (χ1) is 7.56. The summed E-state index contributed by atoms with van der Waals surface area (Å²) in [5, 5.41) is 13.8. The van der Waals surface area contributed by atoms with E-state index in [0.717, 1.165) is 12.2 Å². The molecule has 0 aromatic carbocycles. The van der Waals surface area contributed by atoms with Crippen molar-refractivity contribution in [2.75, 3.05) is 32.1 Å². The molecular formula is C10H16N4O2. The van der Waals surface area contributed by atoms with Crippen molar-refractivity contribution in [1.82, 2.24) is 10.3 Å². The van der Waals surface area contributed by atoms with E-state index in [-0.39, 0.29) is 5.69 Å². The minimum atomic E-state index is -0.405. The van der Waals surface area contributed by atoms with Crippen LogP contribution >= 0.6 is 0 Å². The number of pyridine rings is 1. The molecule has 0 saturated heterocycles. The molecule has 0 atom stereocenters. The lowest BCUT2D eigenvalue weighted by molar-refractivity contribution is -0.384. The lowest BCUT2D eigenvalue weighted by Gasteiger charge is -2.17. The molecule has 1 N–H and O–H groups in total. The van der Waals surface area contributed by atoms with Gasteiger partial charge in [-0.15, -0.1) is 0 Å².